The minimum atomic E-state index is -0.297. The van der Waals surface area contributed by atoms with Gasteiger partial charge in [0.15, 0.2) is 0 Å². The lowest BCUT2D eigenvalue weighted by Gasteiger charge is -2.00. The molecule has 0 aromatic carbocycles. The molecule has 0 aliphatic carbocycles. The Hall–Kier alpha value is -1.32. The van der Waals surface area contributed by atoms with Crippen LogP contribution in [0.25, 0.3) is 0 Å². The molecule has 2 amide bonds. The van der Waals surface area contributed by atoms with Crippen LogP contribution in [0.1, 0.15) is 6.92 Å². The molecule has 0 atom stereocenters. The van der Waals surface area contributed by atoms with Gasteiger partial charge in [0.25, 0.3) is 0 Å². The average molecular weight is 142 g/mol. The molecule has 2 N–H and O–H groups in total. The molecule has 0 radical (unpaired) electrons. The Morgan fingerprint density at radius 1 is 1.50 bits per heavy atom. The van der Waals surface area contributed by atoms with Gasteiger partial charge < -0.3 is 10.6 Å². The summed E-state index contributed by atoms with van der Waals surface area (Å²) in [6.45, 7) is 4.76. The monoisotopic (exact) mass is 142 g/mol. The SMILES string of the molecule is C=CC(=O)NCNC(C)=O. The minimum absolute atomic E-state index is 0.153. The molecule has 0 bridgehead atoms. The van der Waals surface area contributed by atoms with Gasteiger partial charge in [0.05, 0.1) is 6.67 Å². The molecule has 0 aromatic rings. The van der Waals surface area contributed by atoms with Crippen molar-refractivity contribution in [2.45, 2.75) is 6.92 Å². The van der Waals surface area contributed by atoms with Gasteiger partial charge in [-0.2, -0.15) is 0 Å². The standard InChI is InChI=1S/C6H10N2O2/c1-3-6(10)8-4-7-5(2)9/h3H,1,4H2,2H3,(H,7,9)(H,8,10). The molecule has 56 valence electrons. The normalized spacial score (nSPS) is 8.10. The van der Waals surface area contributed by atoms with E-state index < -0.39 is 0 Å². The second-order valence-electron chi connectivity index (χ2n) is 1.65. The van der Waals surface area contributed by atoms with Crippen molar-refractivity contribution in [2.24, 2.45) is 0 Å². The van der Waals surface area contributed by atoms with Crippen LogP contribution in [0.3, 0.4) is 0 Å². The summed E-state index contributed by atoms with van der Waals surface area (Å²) in [5, 5.41) is 4.77. The quantitative estimate of drug-likeness (QED) is 0.407. The fraction of sp³-hybridized carbons (Fsp3) is 0.333. The van der Waals surface area contributed by atoms with Gasteiger partial charge in [-0.3, -0.25) is 9.59 Å². The van der Waals surface area contributed by atoms with E-state index in [0.717, 1.165) is 6.08 Å². The van der Waals surface area contributed by atoms with Crippen LogP contribution in [0.5, 0.6) is 0 Å². The van der Waals surface area contributed by atoms with E-state index in [4.69, 9.17) is 0 Å². The largest absolute Gasteiger partial charge is 0.339 e. The molecule has 0 fully saturated rings. The zero-order valence-corrected chi connectivity index (χ0v) is 5.81. The first kappa shape index (κ1) is 8.68. The molecule has 4 heteroatoms. The van der Waals surface area contributed by atoms with Crippen molar-refractivity contribution < 1.29 is 9.59 Å². The summed E-state index contributed by atoms with van der Waals surface area (Å²) in [6, 6.07) is 0. The van der Waals surface area contributed by atoms with Crippen molar-refractivity contribution in [3.05, 3.63) is 12.7 Å². The van der Waals surface area contributed by atoms with Crippen LogP contribution in [0.2, 0.25) is 0 Å². The average Bonchev–Trinajstić information content (AvgIpc) is 1.87. The lowest BCUT2D eigenvalue weighted by Crippen LogP contribution is -2.35. The molecule has 0 aliphatic heterocycles. The van der Waals surface area contributed by atoms with Gasteiger partial charge in [0.1, 0.15) is 0 Å². The maximum atomic E-state index is 10.4. The first-order chi connectivity index (χ1) is 4.66. The Kier molecular flexibility index (Phi) is 3.95. The third-order valence-electron chi connectivity index (χ3n) is 0.785. The van der Waals surface area contributed by atoms with Crippen molar-refractivity contribution in [2.75, 3.05) is 6.67 Å². The highest BCUT2D eigenvalue weighted by Gasteiger charge is 1.91. The van der Waals surface area contributed by atoms with Crippen LogP contribution >= 0.6 is 0 Å². The lowest BCUT2D eigenvalue weighted by molar-refractivity contribution is -0.119. The predicted octanol–water partition coefficient (Wildman–Crippen LogP) is -0.618. The van der Waals surface area contributed by atoms with Crippen LogP contribution in [-0.2, 0) is 9.59 Å². The lowest BCUT2D eigenvalue weighted by atomic mass is 10.6. The molecule has 0 rings (SSSR count). The van der Waals surface area contributed by atoms with Crippen LogP contribution in [0, 0.1) is 0 Å². The van der Waals surface area contributed by atoms with Crippen molar-refractivity contribution in [1.29, 1.82) is 0 Å². The highest BCUT2D eigenvalue weighted by Crippen LogP contribution is 1.63. The van der Waals surface area contributed by atoms with E-state index in [0.29, 0.717) is 0 Å². The van der Waals surface area contributed by atoms with Gasteiger partial charge in [-0.05, 0) is 6.08 Å². The Morgan fingerprint density at radius 3 is 2.50 bits per heavy atom. The number of nitrogens with one attached hydrogen (secondary N) is 2. The fourth-order valence-corrected chi connectivity index (χ4v) is 0.328. The third kappa shape index (κ3) is 4.83. The molecule has 0 aromatic heterocycles. The molecule has 0 saturated carbocycles. The molecule has 0 aliphatic rings. The molecular weight excluding hydrogens is 132 g/mol. The number of hydrogen-bond acceptors (Lipinski definition) is 2. The second-order valence-corrected chi connectivity index (χ2v) is 1.65. The Balaban J connectivity index is 3.28. The summed E-state index contributed by atoms with van der Waals surface area (Å²) in [5.74, 6) is -0.474. The fourth-order valence-electron chi connectivity index (χ4n) is 0.328. The summed E-state index contributed by atoms with van der Waals surface area (Å²) in [7, 11) is 0. The van der Waals surface area contributed by atoms with Gasteiger partial charge in [0, 0.05) is 6.92 Å². The van der Waals surface area contributed by atoms with Crippen molar-refractivity contribution in [3.63, 3.8) is 0 Å². The number of hydrogen-bond donors (Lipinski definition) is 2. The van der Waals surface area contributed by atoms with Crippen molar-refractivity contribution in [3.8, 4) is 0 Å². The molecular formula is C6H10N2O2. The minimum Gasteiger partial charge on any atom is -0.339 e. The summed E-state index contributed by atoms with van der Waals surface area (Å²) >= 11 is 0. The van der Waals surface area contributed by atoms with Crippen molar-refractivity contribution in [1.82, 2.24) is 10.6 Å². The zero-order chi connectivity index (χ0) is 7.98. The van der Waals surface area contributed by atoms with Gasteiger partial charge in [0.2, 0.25) is 11.8 Å². The molecule has 10 heavy (non-hydrogen) atoms. The van der Waals surface area contributed by atoms with E-state index in [9.17, 15) is 9.59 Å². The van der Waals surface area contributed by atoms with Crippen LogP contribution in [-0.4, -0.2) is 18.5 Å². The zero-order valence-electron chi connectivity index (χ0n) is 5.81. The number of carbonyl (C=O) groups is 2. The highest BCUT2D eigenvalue weighted by atomic mass is 16.2. The van der Waals surface area contributed by atoms with E-state index >= 15 is 0 Å². The van der Waals surface area contributed by atoms with E-state index in [1.165, 1.54) is 6.92 Å². The number of amides is 2. The topological polar surface area (TPSA) is 58.2 Å². The summed E-state index contributed by atoms with van der Waals surface area (Å²) in [6.07, 6.45) is 1.14. The van der Waals surface area contributed by atoms with Gasteiger partial charge in [-0.25, -0.2) is 0 Å². The molecule has 0 spiro atoms. The molecule has 0 unspecified atom stereocenters. The van der Waals surface area contributed by atoms with E-state index in [2.05, 4.69) is 17.2 Å². The van der Waals surface area contributed by atoms with E-state index in [-0.39, 0.29) is 18.5 Å². The van der Waals surface area contributed by atoms with Crippen LogP contribution < -0.4 is 10.6 Å². The maximum Gasteiger partial charge on any atom is 0.244 e. The van der Waals surface area contributed by atoms with Gasteiger partial charge in [-0.1, -0.05) is 6.58 Å². The molecule has 0 saturated heterocycles. The predicted molar refractivity (Wildman–Crippen MR) is 37.0 cm³/mol. The van der Waals surface area contributed by atoms with Crippen LogP contribution in [0.4, 0.5) is 0 Å². The Labute approximate surface area is 59.3 Å². The van der Waals surface area contributed by atoms with Gasteiger partial charge in [-0.15, -0.1) is 0 Å². The smallest absolute Gasteiger partial charge is 0.244 e. The molecule has 0 heterocycles. The van der Waals surface area contributed by atoms with E-state index in [1.807, 2.05) is 0 Å². The summed E-state index contributed by atoms with van der Waals surface area (Å²) in [4.78, 5) is 20.6. The summed E-state index contributed by atoms with van der Waals surface area (Å²) in [5.41, 5.74) is 0. The molecule has 4 nitrogen and oxygen atoms in total. The van der Waals surface area contributed by atoms with Crippen molar-refractivity contribution >= 4 is 11.8 Å². The Bertz CT molecular complexity index is 154. The first-order valence-electron chi connectivity index (χ1n) is 2.81. The van der Waals surface area contributed by atoms with E-state index in [1.54, 1.807) is 0 Å². The van der Waals surface area contributed by atoms with Gasteiger partial charge >= 0.3 is 0 Å². The summed E-state index contributed by atoms with van der Waals surface area (Å²) < 4.78 is 0. The maximum absolute atomic E-state index is 10.4. The Morgan fingerprint density at radius 2 is 2.10 bits per heavy atom. The first-order valence-corrected chi connectivity index (χ1v) is 2.81. The highest BCUT2D eigenvalue weighted by molar-refractivity contribution is 5.87. The van der Waals surface area contributed by atoms with Crippen LogP contribution in [0.15, 0.2) is 12.7 Å². The number of rotatable bonds is 3. The third-order valence-corrected chi connectivity index (χ3v) is 0.785. The second kappa shape index (κ2) is 4.55. The number of carbonyl (C=O) groups excluding carboxylic acids is 2.